The summed E-state index contributed by atoms with van der Waals surface area (Å²) < 4.78 is 24.5. The van der Waals surface area contributed by atoms with Gasteiger partial charge in [0.2, 0.25) is 0 Å². The first kappa shape index (κ1) is 16.2. The van der Waals surface area contributed by atoms with Gasteiger partial charge in [-0.3, -0.25) is 0 Å². The molecule has 1 aromatic carbocycles. The zero-order valence-corrected chi connectivity index (χ0v) is 13.3. The number of nitrogens with two attached hydrogens (primary N) is 1. The van der Waals surface area contributed by atoms with Gasteiger partial charge in [-0.15, -0.1) is 0 Å². The van der Waals surface area contributed by atoms with Crippen LogP contribution in [0.3, 0.4) is 0 Å². The van der Waals surface area contributed by atoms with Crippen molar-refractivity contribution in [2.24, 2.45) is 11.7 Å². The Morgan fingerprint density at radius 1 is 1.05 bits per heavy atom. The summed E-state index contributed by atoms with van der Waals surface area (Å²) in [5.41, 5.74) is 9.20. The van der Waals surface area contributed by atoms with Crippen LogP contribution in [0.5, 0.6) is 0 Å². The highest BCUT2D eigenvalue weighted by molar-refractivity contribution is 7.92. The maximum Gasteiger partial charge on any atom is 0.155 e. The summed E-state index contributed by atoms with van der Waals surface area (Å²) in [6.45, 7) is 9.59. The average Bonchev–Trinajstić information content (AvgIpc) is 2.25. The van der Waals surface area contributed by atoms with Crippen LogP contribution in [-0.4, -0.2) is 19.4 Å². The summed E-state index contributed by atoms with van der Waals surface area (Å²) in [4.78, 5) is 0. The Balaban J connectivity index is 2.93. The second kappa shape index (κ2) is 6.06. The van der Waals surface area contributed by atoms with Gasteiger partial charge < -0.3 is 5.73 Å². The van der Waals surface area contributed by atoms with E-state index >= 15 is 0 Å². The van der Waals surface area contributed by atoms with Gasteiger partial charge in [0.05, 0.1) is 11.0 Å². The van der Waals surface area contributed by atoms with E-state index in [-0.39, 0.29) is 16.9 Å². The molecular weight excluding hydrogens is 258 g/mol. The molecule has 1 aromatic rings. The first-order valence-electron chi connectivity index (χ1n) is 6.69. The average molecular weight is 283 g/mol. The van der Waals surface area contributed by atoms with Crippen molar-refractivity contribution in [3.63, 3.8) is 0 Å². The molecule has 3 nitrogen and oxygen atoms in total. The Kier molecular flexibility index (Phi) is 5.16. The first-order valence-corrected chi connectivity index (χ1v) is 8.40. The van der Waals surface area contributed by atoms with E-state index in [0.29, 0.717) is 0 Å². The minimum atomic E-state index is -3.16. The molecule has 19 heavy (non-hydrogen) atoms. The van der Waals surface area contributed by atoms with Crippen LogP contribution in [0.4, 0.5) is 0 Å². The molecule has 0 bridgehead atoms. The van der Waals surface area contributed by atoms with E-state index in [9.17, 15) is 8.42 Å². The van der Waals surface area contributed by atoms with Gasteiger partial charge in [0.15, 0.2) is 9.84 Å². The Hall–Kier alpha value is -0.870. The Morgan fingerprint density at radius 2 is 1.53 bits per heavy atom. The lowest BCUT2D eigenvalue weighted by Crippen LogP contribution is -2.31. The van der Waals surface area contributed by atoms with E-state index in [1.807, 2.05) is 39.8 Å². The molecule has 0 fully saturated rings. The van der Waals surface area contributed by atoms with E-state index in [4.69, 9.17) is 5.73 Å². The molecule has 1 rings (SSSR count). The quantitative estimate of drug-likeness (QED) is 0.904. The number of aryl methyl sites for hydroxylation is 2. The van der Waals surface area contributed by atoms with E-state index in [0.717, 1.165) is 16.7 Å². The van der Waals surface area contributed by atoms with Crippen LogP contribution in [0.25, 0.3) is 0 Å². The molecule has 0 heterocycles. The summed E-state index contributed by atoms with van der Waals surface area (Å²) in [6.07, 6.45) is 0. The van der Waals surface area contributed by atoms with Crippen LogP contribution >= 0.6 is 0 Å². The highest BCUT2D eigenvalue weighted by atomic mass is 32.2. The molecule has 0 saturated heterocycles. The molecule has 0 spiro atoms. The Labute approximate surface area is 117 Å². The summed E-state index contributed by atoms with van der Waals surface area (Å²) in [6, 6.07) is 5.53. The minimum absolute atomic E-state index is 0.00917. The monoisotopic (exact) mass is 283 g/mol. The standard InChI is InChI=1S/C15H25NO2S/c1-10(2)13(5)19(17,18)9-15(16)14-7-11(3)6-12(4)8-14/h6-8,10,13,15H,9,16H2,1-5H3. The molecular formula is C15H25NO2S. The second-order valence-corrected chi connectivity index (χ2v) is 8.21. The molecule has 0 aliphatic rings. The number of hydrogen-bond acceptors (Lipinski definition) is 3. The number of sulfone groups is 1. The third kappa shape index (κ3) is 4.32. The van der Waals surface area contributed by atoms with Gasteiger partial charge >= 0.3 is 0 Å². The first-order chi connectivity index (χ1) is 8.63. The van der Waals surface area contributed by atoms with Crippen molar-refractivity contribution < 1.29 is 8.42 Å². The summed E-state index contributed by atoms with van der Waals surface area (Å²) in [5.74, 6) is 0.117. The zero-order chi connectivity index (χ0) is 14.8. The van der Waals surface area contributed by atoms with Crippen LogP contribution < -0.4 is 5.73 Å². The fraction of sp³-hybridized carbons (Fsp3) is 0.600. The van der Waals surface area contributed by atoms with Crippen molar-refractivity contribution >= 4 is 9.84 Å². The zero-order valence-electron chi connectivity index (χ0n) is 12.5. The van der Waals surface area contributed by atoms with Gasteiger partial charge in [-0.2, -0.15) is 0 Å². The van der Waals surface area contributed by atoms with E-state index in [1.165, 1.54) is 0 Å². The smallest absolute Gasteiger partial charge is 0.155 e. The molecule has 2 atom stereocenters. The number of benzene rings is 1. The fourth-order valence-corrected chi connectivity index (χ4v) is 3.96. The molecule has 2 unspecified atom stereocenters. The molecule has 0 saturated carbocycles. The summed E-state index contributed by atoms with van der Waals surface area (Å²) in [5, 5.41) is -0.357. The van der Waals surface area contributed by atoms with Gasteiger partial charge in [0, 0.05) is 6.04 Å². The van der Waals surface area contributed by atoms with Crippen LogP contribution in [0.1, 0.15) is 43.5 Å². The normalized spacial score (nSPS) is 15.5. The van der Waals surface area contributed by atoms with Gasteiger partial charge in [-0.05, 0) is 32.3 Å². The lowest BCUT2D eigenvalue weighted by atomic mass is 10.0. The molecule has 0 aliphatic carbocycles. The molecule has 0 radical (unpaired) electrons. The van der Waals surface area contributed by atoms with E-state index < -0.39 is 15.9 Å². The van der Waals surface area contributed by atoms with Gasteiger partial charge in [-0.1, -0.05) is 43.2 Å². The molecule has 0 aromatic heterocycles. The minimum Gasteiger partial charge on any atom is -0.323 e. The number of rotatable bonds is 5. The predicted octanol–water partition coefficient (Wildman–Crippen LogP) is 2.76. The summed E-state index contributed by atoms with van der Waals surface area (Å²) >= 11 is 0. The van der Waals surface area contributed by atoms with Crippen molar-refractivity contribution in [1.29, 1.82) is 0 Å². The molecule has 4 heteroatoms. The molecule has 0 amide bonds. The largest absolute Gasteiger partial charge is 0.323 e. The van der Waals surface area contributed by atoms with Crippen molar-refractivity contribution in [1.82, 2.24) is 0 Å². The Morgan fingerprint density at radius 3 is 1.95 bits per heavy atom. The predicted molar refractivity (Wildman–Crippen MR) is 80.9 cm³/mol. The Bertz CT molecular complexity index is 515. The maximum atomic E-state index is 12.2. The highest BCUT2D eigenvalue weighted by Gasteiger charge is 2.26. The van der Waals surface area contributed by atoms with Crippen LogP contribution in [0, 0.1) is 19.8 Å². The molecule has 2 N–H and O–H groups in total. The van der Waals surface area contributed by atoms with Gasteiger partial charge in [0.25, 0.3) is 0 Å². The molecule has 108 valence electrons. The van der Waals surface area contributed by atoms with Crippen molar-refractivity contribution in [2.45, 2.75) is 45.9 Å². The fourth-order valence-electron chi connectivity index (χ4n) is 2.14. The topological polar surface area (TPSA) is 60.2 Å². The van der Waals surface area contributed by atoms with E-state index in [1.54, 1.807) is 6.92 Å². The van der Waals surface area contributed by atoms with Gasteiger partial charge in [-0.25, -0.2) is 8.42 Å². The van der Waals surface area contributed by atoms with E-state index in [2.05, 4.69) is 6.07 Å². The molecule has 0 aliphatic heterocycles. The van der Waals surface area contributed by atoms with Crippen LogP contribution in [0.15, 0.2) is 18.2 Å². The highest BCUT2D eigenvalue weighted by Crippen LogP contribution is 2.20. The third-order valence-electron chi connectivity index (χ3n) is 3.59. The van der Waals surface area contributed by atoms with Gasteiger partial charge in [0.1, 0.15) is 0 Å². The van der Waals surface area contributed by atoms with Crippen molar-refractivity contribution in [2.75, 3.05) is 5.75 Å². The lowest BCUT2D eigenvalue weighted by molar-refractivity contribution is 0.540. The third-order valence-corrected chi connectivity index (χ3v) is 6.09. The van der Waals surface area contributed by atoms with Crippen LogP contribution in [-0.2, 0) is 9.84 Å². The SMILES string of the molecule is Cc1cc(C)cc(C(N)CS(=O)(=O)C(C)C(C)C)c1. The van der Waals surface area contributed by atoms with Crippen LogP contribution in [0.2, 0.25) is 0 Å². The second-order valence-electron chi connectivity index (χ2n) is 5.81. The maximum absolute atomic E-state index is 12.2. The number of hydrogen-bond donors (Lipinski definition) is 1. The van der Waals surface area contributed by atoms with Crippen molar-refractivity contribution in [3.8, 4) is 0 Å². The lowest BCUT2D eigenvalue weighted by Gasteiger charge is -2.20. The van der Waals surface area contributed by atoms with Crippen molar-refractivity contribution in [3.05, 3.63) is 34.9 Å². The summed E-state index contributed by atoms with van der Waals surface area (Å²) in [7, 11) is -3.16.